The standard InChI is InChI=1S/C13H18N4O4/c1-4-6-17-11-10(12(20)16(5-2)13(17)21)15(3)8(14-11)7-9(18)19/h4-7H2,1-3H3,(H,18,19). The molecule has 0 saturated carbocycles. The van der Waals surface area contributed by atoms with Crippen LogP contribution in [0.15, 0.2) is 9.59 Å². The van der Waals surface area contributed by atoms with E-state index < -0.39 is 17.2 Å². The average molecular weight is 294 g/mol. The third-order valence-electron chi connectivity index (χ3n) is 3.41. The van der Waals surface area contributed by atoms with Crippen LogP contribution in [0.3, 0.4) is 0 Å². The third kappa shape index (κ3) is 2.37. The van der Waals surface area contributed by atoms with Gasteiger partial charge in [0.25, 0.3) is 5.56 Å². The van der Waals surface area contributed by atoms with Crippen molar-refractivity contribution in [1.82, 2.24) is 18.7 Å². The Balaban J connectivity index is 2.90. The van der Waals surface area contributed by atoms with Crippen molar-refractivity contribution in [1.29, 1.82) is 0 Å². The van der Waals surface area contributed by atoms with Gasteiger partial charge >= 0.3 is 11.7 Å². The first-order valence-electron chi connectivity index (χ1n) is 6.83. The Morgan fingerprint density at radius 3 is 2.43 bits per heavy atom. The maximum absolute atomic E-state index is 12.4. The molecule has 0 aliphatic heterocycles. The number of carboxylic acids is 1. The second-order valence-electron chi connectivity index (χ2n) is 4.81. The van der Waals surface area contributed by atoms with Gasteiger partial charge in [-0.3, -0.25) is 18.7 Å². The van der Waals surface area contributed by atoms with Crippen molar-refractivity contribution in [3.63, 3.8) is 0 Å². The van der Waals surface area contributed by atoms with Crippen LogP contribution >= 0.6 is 0 Å². The fourth-order valence-corrected chi connectivity index (χ4v) is 2.40. The summed E-state index contributed by atoms with van der Waals surface area (Å²) in [5.41, 5.74) is -0.315. The lowest BCUT2D eigenvalue weighted by Gasteiger charge is -2.09. The van der Waals surface area contributed by atoms with Crippen molar-refractivity contribution < 1.29 is 9.90 Å². The highest BCUT2D eigenvalue weighted by molar-refractivity contribution is 5.74. The fourth-order valence-electron chi connectivity index (χ4n) is 2.40. The molecular weight excluding hydrogens is 276 g/mol. The molecule has 2 heterocycles. The third-order valence-corrected chi connectivity index (χ3v) is 3.41. The van der Waals surface area contributed by atoms with Crippen molar-refractivity contribution in [2.45, 2.75) is 39.8 Å². The van der Waals surface area contributed by atoms with E-state index in [1.165, 1.54) is 9.13 Å². The lowest BCUT2D eigenvalue weighted by atomic mass is 10.4. The number of nitrogens with zero attached hydrogens (tertiary/aromatic N) is 4. The van der Waals surface area contributed by atoms with Gasteiger partial charge < -0.3 is 9.67 Å². The number of fused-ring (bicyclic) bond motifs is 1. The van der Waals surface area contributed by atoms with E-state index in [0.29, 0.717) is 13.0 Å². The van der Waals surface area contributed by atoms with E-state index in [4.69, 9.17) is 5.11 Å². The van der Waals surface area contributed by atoms with Crippen LogP contribution in [-0.2, 0) is 31.4 Å². The minimum atomic E-state index is -1.03. The van der Waals surface area contributed by atoms with Crippen molar-refractivity contribution in [2.24, 2.45) is 7.05 Å². The zero-order valence-electron chi connectivity index (χ0n) is 12.3. The predicted molar refractivity (Wildman–Crippen MR) is 76.5 cm³/mol. The van der Waals surface area contributed by atoms with Crippen LogP contribution in [0.1, 0.15) is 26.1 Å². The molecule has 0 atom stereocenters. The topological polar surface area (TPSA) is 99.1 Å². The number of aryl methyl sites for hydroxylation is 2. The van der Waals surface area contributed by atoms with Gasteiger partial charge in [0, 0.05) is 20.1 Å². The Morgan fingerprint density at radius 1 is 1.24 bits per heavy atom. The molecule has 0 aliphatic carbocycles. The van der Waals surface area contributed by atoms with Crippen LogP contribution in [0.5, 0.6) is 0 Å². The zero-order chi connectivity index (χ0) is 15.7. The Labute approximate surface area is 120 Å². The first-order valence-corrected chi connectivity index (χ1v) is 6.83. The van der Waals surface area contributed by atoms with Gasteiger partial charge in [0.1, 0.15) is 12.2 Å². The highest BCUT2D eigenvalue weighted by Gasteiger charge is 2.20. The van der Waals surface area contributed by atoms with Crippen molar-refractivity contribution in [3.05, 3.63) is 26.7 Å². The lowest BCUT2D eigenvalue weighted by molar-refractivity contribution is -0.136. The largest absolute Gasteiger partial charge is 0.481 e. The molecule has 0 amide bonds. The first kappa shape index (κ1) is 15.0. The zero-order valence-corrected chi connectivity index (χ0v) is 12.3. The van der Waals surface area contributed by atoms with Gasteiger partial charge in [-0.15, -0.1) is 0 Å². The van der Waals surface area contributed by atoms with E-state index in [1.807, 2.05) is 6.92 Å². The molecule has 0 aliphatic rings. The van der Waals surface area contributed by atoms with E-state index in [9.17, 15) is 14.4 Å². The molecule has 0 saturated heterocycles. The molecule has 0 radical (unpaired) electrons. The van der Waals surface area contributed by atoms with Crippen LogP contribution in [0.4, 0.5) is 0 Å². The molecular formula is C13H18N4O4. The molecule has 2 aromatic heterocycles. The van der Waals surface area contributed by atoms with Gasteiger partial charge in [-0.05, 0) is 13.3 Å². The molecule has 0 bridgehead atoms. The highest BCUT2D eigenvalue weighted by Crippen LogP contribution is 2.11. The van der Waals surface area contributed by atoms with Crippen LogP contribution in [0.25, 0.3) is 11.2 Å². The maximum Gasteiger partial charge on any atom is 0.332 e. The number of rotatable bonds is 5. The average Bonchev–Trinajstić information content (AvgIpc) is 2.72. The number of carbonyl (C=O) groups is 1. The first-order chi connectivity index (χ1) is 9.92. The number of hydrogen-bond donors (Lipinski definition) is 1. The smallest absolute Gasteiger partial charge is 0.332 e. The van der Waals surface area contributed by atoms with Gasteiger partial charge in [0.05, 0.1) is 0 Å². The van der Waals surface area contributed by atoms with E-state index in [-0.39, 0.29) is 30.0 Å². The second kappa shape index (κ2) is 5.55. The quantitative estimate of drug-likeness (QED) is 0.833. The number of aromatic nitrogens is 4. The molecule has 114 valence electrons. The summed E-state index contributed by atoms with van der Waals surface area (Å²) in [7, 11) is 1.59. The van der Waals surface area contributed by atoms with Gasteiger partial charge in [0.15, 0.2) is 11.2 Å². The summed E-state index contributed by atoms with van der Waals surface area (Å²) in [5.74, 6) is -0.777. The summed E-state index contributed by atoms with van der Waals surface area (Å²) in [5, 5.41) is 8.91. The van der Waals surface area contributed by atoms with Gasteiger partial charge in [-0.2, -0.15) is 0 Å². The number of carboxylic acid groups (broad SMARTS) is 1. The number of aliphatic carboxylic acids is 1. The number of hydrogen-bond acceptors (Lipinski definition) is 4. The molecule has 21 heavy (non-hydrogen) atoms. The van der Waals surface area contributed by atoms with Crippen LogP contribution < -0.4 is 11.2 Å². The molecule has 1 N–H and O–H groups in total. The Morgan fingerprint density at radius 2 is 1.90 bits per heavy atom. The fraction of sp³-hybridized carbons (Fsp3) is 0.538. The second-order valence-corrected chi connectivity index (χ2v) is 4.81. The molecule has 8 nitrogen and oxygen atoms in total. The van der Waals surface area contributed by atoms with Gasteiger partial charge in [-0.1, -0.05) is 6.92 Å². The van der Waals surface area contributed by atoms with Gasteiger partial charge in [-0.25, -0.2) is 9.78 Å². The predicted octanol–water partition coefficient (Wildman–Crippen LogP) is -0.0463. The van der Waals surface area contributed by atoms with E-state index in [2.05, 4.69) is 4.98 Å². The molecule has 2 aromatic rings. The SMILES string of the molecule is CCCn1c(=O)n(CC)c(=O)c2c1nc(CC(=O)O)n2C. The van der Waals surface area contributed by atoms with Crippen molar-refractivity contribution in [3.8, 4) is 0 Å². The van der Waals surface area contributed by atoms with Crippen LogP contribution in [0, 0.1) is 0 Å². The summed E-state index contributed by atoms with van der Waals surface area (Å²) < 4.78 is 4.04. The molecule has 8 heteroatoms. The van der Waals surface area contributed by atoms with Crippen molar-refractivity contribution in [2.75, 3.05) is 0 Å². The summed E-state index contributed by atoms with van der Waals surface area (Å²) in [6.07, 6.45) is 0.415. The Bertz CT molecular complexity index is 812. The lowest BCUT2D eigenvalue weighted by Crippen LogP contribution is -2.40. The monoisotopic (exact) mass is 294 g/mol. The van der Waals surface area contributed by atoms with E-state index >= 15 is 0 Å². The summed E-state index contributed by atoms with van der Waals surface area (Å²) in [6, 6.07) is 0. The maximum atomic E-state index is 12.4. The Kier molecular flexibility index (Phi) is 3.97. The van der Waals surface area contributed by atoms with E-state index in [1.54, 1.807) is 14.0 Å². The van der Waals surface area contributed by atoms with Gasteiger partial charge in [0.2, 0.25) is 0 Å². The summed E-state index contributed by atoms with van der Waals surface area (Å²) >= 11 is 0. The van der Waals surface area contributed by atoms with Crippen LogP contribution in [0.2, 0.25) is 0 Å². The van der Waals surface area contributed by atoms with Crippen LogP contribution in [-0.4, -0.2) is 29.8 Å². The van der Waals surface area contributed by atoms with Crippen molar-refractivity contribution >= 4 is 17.1 Å². The summed E-state index contributed by atoms with van der Waals surface area (Å²) in [6.45, 7) is 4.33. The minimum Gasteiger partial charge on any atom is -0.481 e. The summed E-state index contributed by atoms with van der Waals surface area (Å²) in [4.78, 5) is 39.8. The Hall–Kier alpha value is -2.38. The minimum absolute atomic E-state index is 0.257. The molecule has 0 unspecified atom stereocenters. The normalized spacial score (nSPS) is 11.2. The molecule has 2 rings (SSSR count). The molecule has 0 spiro atoms. The number of imidazole rings is 1. The highest BCUT2D eigenvalue weighted by atomic mass is 16.4. The molecule has 0 aromatic carbocycles. The molecule has 0 fully saturated rings. The van der Waals surface area contributed by atoms with E-state index in [0.717, 1.165) is 4.57 Å².